The standard InChI is InChI=1S/C14H22N2O2S.ClH/c1-11-5-4-8-13(9-11)19(17,18)16-14(10-15)12-6-2-3-7-12;/h4-5,8-9,12,14,16H,2-3,6-7,10,15H2,1H3;1H. The van der Waals surface area contributed by atoms with Gasteiger partial charge in [-0.3, -0.25) is 0 Å². The molecule has 6 heteroatoms. The Balaban J connectivity index is 0.00000200. The van der Waals surface area contributed by atoms with Gasteiger partial charge >= 0.3 is 0 Å². The molecule has 2 rings (SSSR count). The van der Waals surface area contributed by atoms with Crippen molar-refractivity contribution in [1.29, 1.82) is 0 Å². The summed E-state index contributed by atoms with van der Waals surface area (Å²) in [7, 11) is -3.46. The Morgan fingerprint density at radius 3 is 2.55 bits per heavy atom. The van der Waals surface area contributed by atoms with Crippen molar-refractivity contribution in [1.82, 2.24) is 4.72 Å². The molecule has 0 aliphatic heterocycles. The van der Waals surface area contributed by atoms with Gasteiger partial charge in [-0.2, -0.15) is 0 Å². The molecule has 1 unspecified atom stereocenters. The minimum atomic E-state index is -3.46. The second kappa shape index (κ2) is 7.41. The summed E-state index contributed by atoms with van der Waals surface area (Å²) in [6, 6.07) is 6.81. The lowest BCUT2D eigenvalue weighted by atomic mass is 9.99. The van der Waals surface area contributed by atoms with E-state index in [1.807, 2.05) is 13.0 Å². The predicted octanol–water partition coefficient (Wildman–Crippen LogP) is 2.21. The highest BCUT2D eigenvalue weighted by atomic mass is 35.5. The van der Waals surface area contributed by atoms with E-state index in [1.54, 1.807) is 18.2 Å². The lowest BCUT2D eigenvalue weighted by molar-refractivity contribution is 0.405. The first kappa shape index (κ1) is 17.4. The topological polar surface area (TPSA) is 72.2 Å². The van der Waals surface area contributed by atoms with Crippen LogP contribution in [0.15, 0.2) is 29.2 Å². The van der Waals surface area contributed by atoms with Crippen molar-refractivity contribution in [2.45, 2.75) is 43.5 Å². The molecule has 0 aromatic heterocycles. The fraction of sp³-hybridized carbons (Fsp3) is 0.571. The van der Waals surface area contributed by atoms with Crippen LogP contribution >= 0.6 is 12.4 Å². The molecule has 1 aromatic carbocycles. The molecule has 0 saturated heterocycles. The second-order valence-electron chi connectivity index (χ2n) is 5.32. The molecule has 4 nitrogen and oxygen atoms in total. The molecule has 3 N–H and O–H groups in total. The fourth-order valence-electron chi connectivity index (χ4n) is 2.75. The van der Waals surface area contributed by atoms with Crippen LogP contribution in [0.25, 0.3) is 0 Å². The van der Waals surface area contributed by atoms with E-state index in [2.05, 4.69) is 4.72 Å². The molecule has 1 aliphatic carbocycles. The van der Waals surface area contributed by atoms with Gasteiger partial charge in [-0.1, -0.05) is 25.0 Å². The van der Waals surface area contributed by atoms with Crippen molar-refractivity contribution >= 4 is 22.4 Å². The van der Waals surface area contributed by atoms with E-state index in [9.17, 15) is 8.42 Å². The maximum absolute atomic E-state index is 12.3. The Morgan fingerprint density at radius 2 is 2.00 bits per heavy atom. The first-order valence-corrected chi connectivity index (χ1v) is 8.30. The van der Waals surface area contributed by atoms with E-state index in [4.69, 9.17) is 5.73 Å². The molecule has 0 bridgehead atoms. The van der Waals surface area contributed by atoms with Crippen LogP contribution in [-0.2, 0) is 10.0 Å². The minimum absolute atomic E-state index is 0. The Morgan fingerprint density at radius 1 is 1.35 bits per heavy atom. The summed E-state index contributed by atoms with van der Waals surface area (Å²) in [6.45, 7) is 2.24. The second-order valence-corrected chi connectivity index (χ2v) is 7.04. The van der Waals surface area contributed by atoms with E-state index in [0.717, 1.165) is 18.4 Å². The van der Waals surface area contributed by atoms with Crippen LogP contribution in [0.2, 0.25) is 0 Å². The average Bonchev–Trinajstić information content (AvgIpc) is 2.90. The van der Waals surface area contributed by atoms with E-state index >= 15 is 0 Å². The first-order chi connectivity index (χ1) is 9.03. The number of aryl methyl sites for hydroxylation is 1. The Kier molecular flexibility index (Phi) is 6.45. The zero-order chi connectivity index (χ0) is 13.9. The molecule has 1 aromatic rings. The number of hydrogen-bond acceptors (Lipinski definition) is 3. The number of benzene rings is 1. The van der Waals surface area contributed by atoms with Crippen LogP contribution in [0, 0.1) is 12.8 Å². The van der Waals surface area contributed by atoms with E-state index < -0.39 is 10.0 Å². The van der Waals surface area contributed by atoms with Gasteiger partial charge in [0.1, 0.15) is 0 Å². The Hall–Kier alpha value is -0.620. The summed E-state index contributed by atoms with van der Waals surface area (Å²) >= 11 is 0. The van der Waals surface area contributed by atoms with Crippen LogP contribution in [0.4, 0.5) is 0 Å². The lowest BCUT2D eigenvalue weighted by Gasteiger charge is -2.23. The number of hydrogen-bond donors (Lipinski definition) is 2. The molecule has 0 spiro atoms. The largest absolute Gasteiger partial charge is 0.329 e. The van der Waals surface area contributed by atoms with Crippen molar-refractivity contribution < 1.29 is 8.42 Å². The van der Waals surface area contributed by atoms with Gasteiger partial charge in [0.15, 0.2) is 0 Å². The highest BCUT2D eigenvalue weighted by Gasteiger charge is 2.28. The molecule has 0 amide bonds. The molecule has 1 fully saturated rings. The van der Waals surface area contributed by atoms with Crippen molar-refractivity contribution in [2.24, 2.45) is 11.7 Å². The quantitative estimate of drug-likeness (QED) is 0.874. The number of nitrogens with one attached hydrogen (secondary N) is 1. The molecule has 114 valence electrons. The molecular formula is C14H23ClN2O2S. The third-order valence-corrected chi connectivity index (χ3v) is 5.32. The van der Waals surface area contributed by atoms with Gasteiger partial charge < -0.3 is 5.73 Å². The number of sulfonamides is 1. The molecule has 1 aliphatic rings. The summed E-state index contributed by atoms with van der Waals surface area (Å²) in [5.74, 6) is 0.379. The smallest absolute Gasteiger partial charge is 0.240 e. The van der Waals surface area contributed by atoms with Crippen molar-refractivity contribution in [2.75, 3.05) is 6.54 Å². The maximum Gasteiger partial charge on any atom is 0.240 e. The molecule has 0 radical (unpaired) electrons. The minimum Gasteiger partial charge on any atom is -0.329 e. The van der Waals surface area contributed by atoms with Crippen LogP contribution in [0.5, 0.6) is 0 Å². The van der Waals surface area contributed by atoms with E-state index in [0.29, 0.717) is 17.4 Å². The highest BCUT2D eigenvalue weighted by Crippen LogP contribution is 2.28. The fourth-order valence-corrected chi connectivity index (χ4v) is 4.17. The first-order valence-electron chi connectivity index (χ1n) is 6.82. The van der Waals surface area contributed by atoms with Gasteiger partial charge in [-0.05, 0) is 43.4 Å². The van der Waals surface area contributed by atoms with Crippen molar-refractivity contribution in [3.8, 4) is 0 Å². The molecule has 1 atom stereocenters. The summed E-state index contributed by atoms with van der Waals surface area (Å²) in [5.41, 5.74) is 6.68. The lowest BCUT2D eigenvalue weighted by Crippen LogP contribution is -2.44. The van der Waals surface area contributed by atoms with Gasteiger partial charge in [0, 0.05) is 12.6 Å². The zero-order valence-electron chi connectivity index (χ0n) is 11.7. The van der Waals surface area contributed by atoms with Crippen molar-refractivity contribution in [3.05, 3.63) is 29.8 Å². The number of rotatable bonds is 5. The molecule has 0 heterocycles. The summed E-state index contributed by atoms with van der Waals surface area (Å²) in [6.07, 6.45) is 4.48. The predicted molar refractivity (Wildman–Crippen MR) is 83.5 cm³/mol. The highest BCUT2D eigenvalue weighted by molar-refractivity contribution is 7.89. The molecule has 20 heavy (non-hydrogen) atoms. The summed E-state index contributed by atoms with van der Waals surface area (Å²) < 4.78 is 27.5. The van der Waals surface area contributed by atoms with Gasteiger partial charge in [0.2, 0.25) is 10.0 Å². The van der Waals surface area contributed by atoms with Gasteiger partial charge in [-0.15, -0.1) is 12.4 Å². The van der Waals surface area contributed by atoms with Crippen LogP contribution in [-0.4, -0.2) is 21.0 Å². The van der Waals surface area contributed by atoms with E-state index in [-0.39, 0.29) is 18.4 Å². The van der Waals surface area contributed by atoms with Crippen molar-refractivity contribution in [3.63, 3.8) is 0 Å². The van der Waals surface area contributed by atoms with Gasteiger partial charge in [-0.25, -0.2) is 13.1 Å². The number of nitrogens with two attached hydrogens (primary N) is 1. The van der Waals surface area contributed by atoms with E-state index in [1.165, 1.54) is 12.8 Å². The number of halogens is 1. The van der Waals surface area contributed by atoms with Crippen LogP contribution in [0.3, 0.4) is 0 Å². The van der Waals surface area contributed by atoms with Gasteiger partial charge in [0.25, 0.3) is 0 Å². The summed E-state index contributed by atoms with van der Waals surface area (Å²) in [5, 5.41) is 0. The third-order valence-electron chi connectivity index (χ3n) is 3.83. The summed E-state index contributed by atoms with van der Waals surface area (Å²) in [4.78, 5) is 0.323. The monoisotopic (exact) mass is 318 g/mol. The average molecular weight is 319 g/mol. The Labute approximate surface area is 127 Å². The Bertz CT molecular complexity index is 528. The normalized spacial score (nSPS) is 17.7. The van der Waals surface area contributed by atoms with Crippen LogP contribution < -0.4 is 10.5 Å². The molecular weight excluding hydrogens is 296 g/mol. The zero-order valence-corrected chi connectivity index (χ0v) is 13.3. The third kappa shape index (κ3) is 4.19. The van der Waals surface area contributed by atoms with Gasteiger partial charge in [0.05, 0.1) is 4.90 Å². The maximum atomic E-state index is 12.3. The molecule has 1 saturated carbocycles. The SMILES string of the molecule is Cc1cccc(S(=O)(=O)NC(CN)C2CCCC2)c1.Cl. The van der Waals surface area contributed by atoms with Crippen LogP contribution in [0.1, 0.15) is 31.2 Å².